The van der Waals surface area contributed by atoms with Gasteiger partial charge in [0, 0.05) is 13.1 Å². The third-order valence-electron chi connectivity index (χ3n) is 5.42. The van der Waals surface area contributed by atoms with Crippen molar-refractivity contribution in [2.75, 3.05) is 44.9 Å². The zero-order valence-electron chi connectivity index (χ0n) is 18.0. The first-order valence-electron chi connectivity index (χ1n) is 10.4. The van der Waals surface area contributed by atoms with Crippen LogP contribution in [0.2, 0.25) is 0 Å². The number of amides is 2. The van der Waals surface area contributed by atoms with Gasteiger partial charge in [0.25, 0.3) is 11.8 Å². The number of ether oxygens (including phenoxy) is 3. The Morgan fingerprint density at radius 3 is 2.35 bits per heavy atom. The molecule has 0 spiro atoms. The van der Waals surface area contributed by atoms with Crippen LogP contribution in [0.3, 0.4) is 0 Å². The summed E-state index contributed by atoms with van der Waals surface area (Å²) in [5, 5.41) is 0. The SMILES string of the molecule is CCOc1ccc(C2=C(N3CCOCC3)C(=O)N(c3cc(C)ccc3OC)C2=O)cc1. The molecule has 7 heteroatoms. The molecule has 2 aliphatic rings. The van der Waals surface area contributed by atoms with Gasteiger partial charge in [-0.2, -0.15) is 0 Å². The Hall–Kier alpha value is -3.32. The van der Waals surface area contributed by atoms with Crippen molar-refractivity contribution in [1.29, 1.82) is 0 Å². The Morgan fingerprint density at radius 1 is 1.00 bits per heavy atom. The summed E-state index contributed by atoms with van der Waals surface area (Å²) in [5.74, 6) is 0.481. The Labute approximate surface area is 181 Å². The van der Waals surface area contributed by atoms with Crippen molar-refractivity contribution in [3.63, 3.8) is 0 Å². The molecule has 2 heterocycles. The Bertz CT molecular complexity index is 1020. The van der Waals surface area contributed by atoms with E-state index in [1.165, 1.54) is 12.0 Å². The summed E-state index contributed by atoms with van der Waals surface area (Å²) in [6, 6.07) is 12.7. The van der Waals surface area contributed by atoms with Crippen molar-refractivity contribution >= 4 is 23.1 Å². The van der Waals surface area contributed by atoms with Gasteiger partial charge in [-0.3, -0.25) is 9.59 Å². The summed E-state index contributed by atoms with van der Waals surface area (Å²) in [6.07, 6.45) is 0. The Morgan fingerprint density at radius 2 is 1.71 bits per heavy atom. The summed E-state index contributed by atoms with van der Waals surface area (Å²) in [7, 11) is 1.53. The second-order valence-electron chi connectivity index (χ2n) is 7.40. The molecule has 7 nitrogen and oxygen atoms in total. The number of methoxy groups -OCH3 is 1. The number of nitrogens with zero attached hydrogens (tertiary/aromatic N) is 2. The van der Waals surface area contributed by atoms with E-state index in [1.54, 1.807) is 12.1 Å². The zero-order valence-corrected chi connectivity index (χ0v) is 18.0. The molecular weight excluding hydrogens is 396 g/mol. The number of benzene rings is 2. The largest absolute Gasteiger partial charge is 0.495 e. The number of hydrogen-bond donors (Lipinski definition) is 0. The monoisotopic (exact) mass is 422 g/mol. The Balaban J connectivity index is 1.82. The van der Waals surface area contributed by atoms with E-state index in [1.807, 2.05) is 49.1 Å². The van der Waals surface area contributed by atoms with Gasteiger partial charge in [-0.15, -0.1) is 0 Å². The van der Waals surface area contributed by atoms with Crippen molar-refractivity contribution in [3.05, 3.63) is 59.3 Å². The van der Waals surface area contributed by atoms with Gasteiger partial charge in [-0.05, 0) is 49.2 Å². The minimum Gasteiger partial charge on any atom is -0.495 e. The number of aryl methyl sites for hydroxylation is 1. The molecule has 0 aliphatic carbocycles. The van der Waals surface area contributed by atoms with Crippen LogP contribution < -0.4 is 14.4 Å². The van der Waals surface area contributed by atoms with Crippen molar-refractivity contribution in [2.45, 2.75) is 13.8 Å². The smallest absolute Gasteiger partial charge is 0.282 e. The first-order valence-corrected chi connectivity index (χ1v) is 10.4. The molecule has 162 valence electrons. The number of carbonyl (C=O) groups is 2. The summed E-state index contributed by atoms with van der Waals surface area (Å²) < 4.78 is 16.4. The van der Waals surface area contributed by atoms with Gasteiger partial charge >= 0.3 is 0 Å². The van der Waals surface area contributed by atoms with Gasteiger partial charge in [0.2, 0.25) is 0 Å². The van der Waals surface area contributed by atoms with Crippen LogP contribution in [-0.4, -0.2) is 56.7 Å². The lowest BCUT2D eigenvalue weighted by molar-refractivity contribution is -0.121. The number of carbonyl (C=O) groups excluding carboxylic acids is 2. The van der Waals surface area contributed by atoms with Crippen LogP contribution in [0, 0.1) is 6.92 Å². The maximum atomic E-state index is 13.7. The summed E-state index contributed by atoms with van der Waals surface area (Å²) in [5.41, 5.74) is 2.85. The lowest BCUT2D eigenvalue weighted by atomic mass is 10.0. The first kappa shape index (κ1) is 20.9. The highest BCUT2D eigenvalue weighted by Gasteiger charge is 2.43. The number of morpholine rings is 1. The minimum atomic E-state index is -0.362. The van der Waals surface area contributed by atoms with Crippen LogP contribution in [0.1, 0.15) is 18.1 Å². The average molecular weight is 422 g/mol. The molecule has 4 rings (SSSR count). The van der Waals surface area contributed by atoms with E-state index in [0.29, 0.717) is 66.9 Å². The molecule has 1 saturated heterocycles. The molecule has 0 unspecified atom stereocenters. The molecule has 31 heavy (non-hydrogen) atoms. The highest BCUT2D eigenvalue weighted by Crippen LogP contribution is 2.39. The molecule has 2 amide bonds. The second-order valence-corrected chi connectivity index (χ2v) is 7.40. The number of imide groups is 1. The van der Waals surface area contributed by atoms with E-state index in [4.69, 9.17) is 14.2 Å². The first-order chi connectivity index (χ1) is 15.0. The van der Waals surface area contributed by atoms with Crippen LogP contribution in [0.5, 0.6) is 11.5 Å². The normalized spacial score (nSPS) is 16.9. The Kier molecular flexibility index (Phi) is 5.95. The van der Waals surface area contributed by atoms with Crippen LogP contribution in [0.15, 0.2) is 48.2 Å². The fraction of sp³-hybridized carbons (Fsp3) is 0.333. The topological polar surface area (TPSA) is 68.3 Å². The third kappa shape index (κ3) is 3.88. The molecule has 1 fully saturated rings. The molecule has 0 bridgehead atoms. The molecule has 0 radical (unpaired) electrons. The second kappa shape index (κ2) is 8.81. The summed E-state index contributed by atoms with van der Waals surface area (Å²) >= 11 is 0. The van der Waals surface area contributed by atoms with Crippen LogP contribution in [-0.2, 0) is 14.3 Å². The van der Waals surface area contributed by atoms with Crippen LogP contribution >= 0.6 is 0 Å². The van der Waals surface area contributed by atoms with Gasteiger partial charge in [0.05, 0.1) is 38.2 Å². The number of rotatable bonds is 6. The lowest BCUT2D eigenvalue weighted by Gasteiger charge is -2.29. The quantitative estimate of drug-likeness (QED) is 0.667. The highest BCUT2D eigenvalue weighted by atomic mass is 16.5. The molecule has 2 aromatic rings. The molecule has 0 N–H and O–H groups in total. The summed E-state index contributed by atoms with van der Waals surface area (Å²) in [4.78, 5) is 30.5. The zero-order chi connectivity index (χ0) is 22.0. The summed E-state index contributed by atoms with van der Waals surface area (Å²) in [6.45, 7) is 6.50. The van der Waals surface area contributed by atoms with Gasteiger partial charge in [0.1, 0.15) is 17.2 Å². The van der Waals surface area contributed by atoms with Crippen LogP contribution in [0.4, 0.5) is 5.69 Å². The predicted octanol–water partition coefficient (Wildman–Crippen LogP) is 3.02. The third-order valence-corrected chi connectivity index (χ3v) is 5.42. The van der Waals surface area contributed by atoms with Crippen molar-refractivity contribution < 1.29 is 23.8 Å². The highest BCUT2D eigenvalue weighted by molar-refractivity contribution is 6.45. The fourth-order valence-corrected chi connectivity index (χ4v) is 3.94. The van der Waals surface area contributed by atoms with Gasteiger partial charge < -0.3 is 19.1 Å². The van der Waals surface area contributed by atoms with E-state index < -0.39 is 0 Å². The van der Waals surface area contributed by atoms with Gasteiger partial charge in [0.15, 0.2) is 0 Å². The molecule has 2 aliphatic heterocycles. The molecule has 0 atom stereocenters. The van der Waals surface area contributed by atoms with Crippen molar-refractivity contribution in [2.24, 2.45) is 0 Å². The fourth-order valence-electron chi connectivity index (χ4n) is 3.94. The molecular formula is C24H26N2O5. The standard InChI is InChI=1S/C24H26N2O5/c1-4-31-18-8-6-17(7-9-18)21-22(25-11-13-30-14-12-25)24(28)26(23(21)27)19-15-16(2)5-10-20(19)29-3/h5-10,15H,4,11-14H2,1-3H3. The maximum absolute atomic E-state index is 13.7. The predicted molar refractivity (Wildman–Crippen MR) is 117 cm³/mol. The van der Waals surface area contributed by atoms with E-state index in [0.717, 1.165) is 5.56 Å². The van der Waals surface area contributed by atoms with E-state index in [2.05, 4.69) is 0 Å². The van der Waals surface area contributed by atoms with E-state index >= 15 is 0 Å². The van der Waals surface area contributed by atoms with E-state index in [-0.39, 0.29) is 11.8 Å². The molecule has 2 aromatic carbocycles. The van der Waals surface area contributed by atoms with Crippen molar-refractivity contribution in [3.8, 4) is 11.5 Å². The van der Waals surface area contributed by atoms with Crippen molar-refractivity contribution in [1.82, 2.24) is 4.90 Å². The van der Waals surface area contributed by atoms with Gasteiger partial charge in [-0.25, -0.2) is 4.90 Å². The average Bonchev–Trinajstić information content (AvgIpc) is 3.05. The number of anilines is 1. The number of hydrogen-bond acceptors (Lipinski definition) is 6. The van der Waals surface area contributed by atoms with Crippen LogP contribution in [0.25, 0.3) is 5.57 Å². The minimum absolute atomic E-state index is 0.348. The van der Waals surface area contributed by atoms with Gasteiger partial charge in [-0.1, -0.05) is 18.2 Å². The maximum Gasteiger partial charge on any atom is 0.282 e. The van der Waals surface area contributed by atoms with E-state index in [9.17, 15) is 9.59 Å². The lowest BCUT2D eigenvalue weighted by Crippen LogP contribution is -2.40. The molecule has 0 saturated carbocycles. The molecule has 0 aromatic heterocycles.